The third kappa shape index (κ3) is 6.04. The molecule has 0 fully saturated rings. The van der Waals surface area contributed by atoms with Crippen molar-refractivity contribution < 1.29 is 4.42 Å². The van der Waals surface area contributed by atoms with Gasteiger partial charge in [-0.25, -0.2) is 0 Å². The van der Waals surface area contributed by atoms with Crippen LogP contribution < -0.4 is 4.90 Å². The first-order valence-corrected chi connectivity index (χ1v) is 21.2. The molecule has 0 aliphatic carbocycles. The highest BCUT2D eigenvalue weighted by Crippen LogP contribution is 2.47. The van der Waals surface area contributed by atoms with Crippen LogP contribution in [0.2, 0.25) is 0 Å². The van der Waals surface area contributed by atoms with E-state index in [2.05, 4.69) is 235 Å². The summed E-state index contributed by atoms with van der Waals surface area (Å²) >= 11 is 0. The van der Waals surface area contributed by atoms with Crippen LogP contribution in [0.1, 0.15) is 0 Å². The van der Waals surface area contributed by atoms with Crippen molar-refractivity contribution in [2.75, 3.05) is 4.90 Å². The minimum Gasteiger partial charge on any atom is -0.454 e. The Morgan fingerprint density at radius 1 is 0.274 bits per heavy atom. The lowest BCUT2D eigenvalue weighted by Gasteiger charge is -2.26. The number of benzene rings is 11. The summed E-state index contributed by atoms with van der Waals surface area (Å²) in [6, 6.07) is 85.5. The molecule has 1 heterocycles. The average molecular weight is 790 g/mol. The number of fused-ring (bicyclic) bond motifs is 7. The van der Waals surface area contributed by atoms with Gasteiger partial charge in [-0.15, -0.1) is 0 Å². The number of para-hydroxylation sites is 2. The fourth-order valence-corrected chi connectivity index (χ4v) is 9.51. The van der Waals surface area contributed by atoms with Crippen molar-refractivity contribution in [1.82, 2.24) is 0 Å². The van der Waals surface area contributed by atoms with Crippen molar-refractivity contribution in [2.24, 2.45) is 0 Å². The van der Waals surface area contributed by atoms with Crippen LogP contribution in [0.5, 0.6) is 0 Å². The fourth-order valence-electron chi connectivity index (χ4n) is 9.51. The first-order chi connectivity index (χ1) is 30.7. The lowest BCUT2D eigenvalue weighted by Crippen LogP contribution is -2.10. The topological polar surface area (TPSA) is 16.4 Å². The van der Waals surface area contributed by atoms with Gasteiger partial charge in [-0.3, -0.25) is 0 Å². The maximum Gasteiger partial charge on any atom is 0.159 e. The van der Waals surface area contributed by atoms with Gasteiger partial charge < -0.3 is 9.32 Å². The molecule has 0 amide bonds. The molecular formula is C60H39NO. The van der Waals surface area contributed by atoms with Gasteiger partial charge in [-0.05, 0) is 125 Å². The molecule has 0 spiro atoms. The summed E-state index contributed by atoms with van der Waals surface area (Å²) < 4.78 is 6.70. The van der Waals surface area contributed by atoms with E-state index in [-0.39, 0.29) is 0 Å². The van der Waals surface area contributed by atoms with Gasteiger partial charge in [0.25, 0.3) is 0 Å². The van der Waals surface area contributed by atoms with Crippen LogP contribution in [0.15, 0.2) is 241 Å². The van der Waals surface area contributed by atoms with Crippen LogP contribution in [0, 0.1) is 0 Å². The summed E-state index contributed by atoms with van der Waals surface area (Å²) in [4.78, 5) is 2.34. The summed E-state index contributed by atoms with van der Waals surface area (Å²) in [7, 11) is 0. The van der Waals surface area contributed by atoms with Crippen molar-refractivity contribution >= 4 is 71.3 Å². The second-order valence-electron chi connectivity index (χ2n) is 16.0. The maximum atomic E-state index is 6.70. The number of hydrogen-bond donors (Lipinski definition) is 0. The van der Waals surface area contributed by atoms with E-state index in [4.69, 9.17) is 4.42 Å². The minimum atomic E-state index is 0.858. The van der Waals surface area contributed by atoms with Crippen molar-refractivity contribution in [3.8, 4) is 44.5 Å². The van der Waals surface area contributed by atoms with Crippen molar-refractivity contribution in [3.05, 3.63) is 237 Å². The van der Waals surface area contributed by atoms with E-state index in [1.165, 1.54) is 65.7 Å². The first kappa shape index (κ1) is 35.7. The zero-order chi connectivity index (χ0) is 41.0. The Morgan fingerprint density at radius 3 is 1.61 bits per heavy atom. The molecule has 2 heteroatoms. The molecule has 0 radical (unpaired) electrons. The molecule has 0 aliphatic rings. The SMILES string of the molecule is c1ccc(-c2c(-c3ccccc3)c3cc(-c4cccc(N(c5ccc(-c6ccc7ccccc7c6)cc5)c5cccc6c5oc5ccccc56)c4)ccc3c3ccccc23)cc1. The van der Waals surface area contributed by atoms with Crippen LogP contribution in [0.4, 0.5) is 17.1 Å². The molecule has 0 aliphatic heterocycles. The highest BCUT2D eigenvalue weighted by molar-refractivity contribution is 6.22. The standard InChI is InChI=1S/C60H39NO/c1-3-16-42(17-4-1)58-53-25-10-9-23-50(53)51-36-33-47(39-55(51)59(58)43-18-5-2-6-19-43)45-21-13-22-49(38-45)61(56-27-14-26-54-52-24-11-12-28-57(52)62-60(54)56)48-34-31-41(32-35-48)46-30-29-40-15-7-8-20-44(40)37-46/h1-39H. The molecule has 290 valence electrons. The Labute approximate surface area is 360 Å². The maximum absolute atomic E-state index is 6.70. The van der Waals surface area contributed by atoms with Crippen LogP contribution in [0.25, 0.3) is 98.8 Å². The minimum absolute atomic E-state index is 0.858. The normalized spacial score (nSPS) is 11.5. The van der Waals surface area contributed by atoms with Crippen LogP contribution in [-0.2, 0) is 0 Å². The predicted molar refractivity (Wildman–Crippen MR) is 263 cm³/mol. The summed E-state index contributed by atoms with van der Waals surface area (Å²) in [5.74, 6) is 0. The molecule has 0 N–H and O–H groups in total. The highest BCUT2D eigenvalue weighted by Gasteiger charge is 2.21. The summed E-state index contributed by atoms with van der Waals surface area (Å²) in [6.45, 7) is 0. The van der Waals surface area contributed by atoms with Gasteiger partial charge in [-0.1, -0.05) is 188 Å². The molecule has 1 aromatic heterocycles. The van der Waals surface area contributed by atoms with Gasteiger partial charge in [-0.2, -0.15) is 0 Å². The van der Waals surface area contributed by atoms with Crippen LogP contribution in [0.3, 0.4) is 0 Å². The Kier molecular flexibility index (Phi) is 8.53. The Hall–Kier alpha value is -8.20. The van der Waals surface area contributed by atoms with Crippen LogP contribution >= 0.6 is 0 Å². The van der Waals surface area contributed by atoms with Gasteiger partial charge in [0, 0.05) is 22.1 Å². The quantitative estimate of drug-likeness (QED) is 0.150. The number of furan rings is 1. The highest BCUT2D eigenvalue weighted by atomic mass is 16.3. The molecule has 2 nitrogen and oxygen atoms in total. The van der Waals surface area contributed by atoms with Gasteiger partial charge in [0.2, 0.25) is 0 Å². The Morgan fingerprint density at radius 2 is 0.823 bits per heavy atom. The van der Waals surface area contributed by atoms with E-state index < -0.39 is 0 Å². The van der Waals surface area contributed by atoms with Gasteiger partial charge in [0.1, 0.15) is 5.58 Å². The summed E-state index contributed by atoms with van der Waals surface area (Å²) in [5, 5.41) is 9.65. The van der Waals surface area contributed by atoms with E-state index in [1.54, 1.807) is 0 Å². The molecule has 62 heavy (non-hydrogen) atoms. The third-order valence-electron chi connectivity index (χ3n) is 12.4. The summed E-state index contributed by atoms with van der Waals surface area (Å²) in [5.41, 5.74) is 14.4. The monoisotopic (exact) mass is 789 g/mol. The van der Waals surface area contributed by atoms with E-state index in [0.29, 0.717) is 0 Å². The lowest BCUT2D eigenvalue weighted by molar-refractivity contribution is 0.669. The van der Waals surface area contributed by atoms with E-state index in [9.17, 15) is 0 Å². The van der Waals surface area contributed by atoms with Crippen molar-refractivity contribution in [2.45, 2.75) is 0 Å². The Bertz CT molecular complexity index is 3620. The zero-order valence-electron chi connectivity index (χ0n) is 33.9. The average Bonchev–Trinajstić information content (AvgIpc) is 3.74. The molecule has 0 unspecified atom stereocenters. The fraction of sp³-hybridized carbons (Fsp3) is 0. The molecular weight excluding hydrogens is 751 g/mol. The second-order valence-corrected chi connectivity index (χ2v) is 16.0. The Balaban J connectivity index is 1.05. The number of nitrogens with zero attached hydrogens (tertiary/aromatic N) is 1. The molecule has 11 aromatic carbocycles. The predicted octanol–water partition coefficient (Wildman–Crippen LogP) is 17.2. The van der Waals surface area contributed by atoms with E-state index in [0.717, 1.165) is 50.1 Å². The summed E-state index contributed by atoms with van der Waals surface area (Å²) in [6.07, 6.45) is 0. The molecule has 0 saturated heterocycles. The smallest absolute Gasteiger partial charge is 0.159 e. The number of rotatable bonds is 7. The third-order valence-corrected chi connectivity index (χ3v) is 12.4. The van der Waals surface area contributed by atoms with E-state index >= 15 is 0 Å². The molecule has 12 rings (SSSR count). The second kappa shape index (κ2) is 14.8. The van der Waals surface area contributed by atoms with Gasteiger partial charge in [0.05, 0.1) is 5.69 Å². The van der Waals surface area contributed by atoms with Crippen molar-refractivity contribution in [1.29, 1.82) is 0 Å². The molecule has 0 saturated carbocycles. The number of hydrogen-bond acceptors (Lipinski definition) is 2. The first-order valence-electron chi connectivity index (χ1n) is 21.2. The zero-order valence-corrected chi connectivity index (χ0v) is 33.9. The molecule has 0 bridgehead atoms. The van der Waals surface area contributed by atoms with Crippen molar-refractivity contribution in [3.63, 3.8) is 0 Å². The largest absolute Gasteiger partial charge is 0.454 e. The lowest BCUT2D eigenvalue weighted by atomic mass is 9.84. The van der Waals surface area contributed by atoms with Crippen LogP contribution in [-0.4, -0.2) is 0 Å². The molecule has 12 aromatic rings. The van der Waals surface area contributed by atoms with E-state index in [1.807, 2.05) is 6.07 Å². The number of anilines is 3. The van der Waals surface area contributed by atoms with Gasteiger partial charge in [0.15, 0.2) is 5.58 Å². The van der Waals surface area contributed by atoms with Gasteiger partial charge >= 0.3 is 0 Å². The molecule has 0 atom stereocenters.